The summed E-state index contributed by atoms with van der Waals surface area (Å²) in [5, 5.41) is 17.4. The number of nitriles is 2. The van der Waals surface area contributed by atoms with Gasteiger partial charge in [-0.2, -0.15) is 10.5 Å². The van der Waals surface area contributed by atoms with Crippen LogP contribution in [0.2, 0.25) is 5.02 Å². The fraction of sp³-hybridized carbons (Fsp3) is 0. The molecule has 0 aliphatic carbocycles. The van der Waals surface area contributed by atoms with Crippen molar-refractivity contribution in [1.29, 1.82) is 10.5 Å². The van der Waals surface area contributed by atoms with Crippen molar-refractivity contribution in [2.45, 2.75) is 0 Å². The predicted molar refractivity (Wildman–Crippen MR) is 76.0 cm³/mol. The summed E-state index contributed by atoms with van der Waals surface area (Å²) in [7, 11) is 0. The van der Waals surface area contributed by atoms with Gasteiger partial charge in [-0.05, 0) is 34.9 Å². The highest BCUT2D eigenvalue weighted by Gasteiger charge is 2.03. The van der Waals surface area contributed by atoms with Gasteiger partial charge in [-0.15, -0.1) is 0 Å². The van der Waals surface area contributed by atoms with Crippen LogP contribution in [-0.2, 0) is 0 Å². The Morgan fingerprint density at radius 3 is 2.15 bits per heavy atom. The molecule has 0 atom stereocenters. The lowest BCUT2D eigenvalue weighted by atomic mass is 10.0. The van der Waals surface area contributed by atoms with Gasteiger partial charge in [-0.1, -0.05) is 41.9 Å². The minimum absolute atomic E-state index is 0.0373. The molecule has 0 saturated heterocycles. The molecule has 0 bridgehead atoms. The van der Waals surface area contributed by atoms with Gasteiger partial charge in [0.05, 0.1) is 5.02 Å². The summed E-state index contributed by atoms with van der Waals surface area (Å²) in [6, 6.07) is 15.3. The Hall–Kier alpha value is -2.62. The van der Waals surface area contributed by atoms with Gasteiger partial charge in [0.25, 0.3) is 0 Å². The molecular formula is C16H8ClFN2. The second kappa shape index (κ2) is 6.02. The molecule has 0 aliphatic heterocycles. The summed E-state index contributed by atoms with van der Waals surface area (Å²) in [6.45, 7) is 0. The van der Waals surface area contributed by atoms with Gasteiger partial charge in [-0.25, -0.2) is 4.39 Å². The maximum Gasteiger partial charge on any atom is 0.142 e. The summed E-state index contributed by atoms with van der Waals surface area (Å²) in [4.78, 5) is 0. The number of hydrogen-bond donors (Lipinski definition) is 0. The lowest BCUT2D eigenvalue weighted by Crippen LogP contribution is -1.82. The van der Waals surface area contributed by atoms with E-state index in [1.165, 1.54) is 18.2 Å². The molecule has 0 aromatic heterocycles. The molecular weight excluding hydrogens is 275 g/mol. The van der Waals surface area contributed by atoms with E-state index in [-0.39, 0.29) is 10.6 Å². The molecule has 0 unspecified atom stereocenters. The Morgan fingerprint density at radius 2 is 1.60 bits per heavy atom. The average molecular weight is 283 g/mol. The topological polar surface area (TPSA) is 47.6 Å². The van der Waals surface area contributed by atoms with Crippen LogP contribution in [-0.4, -0.2) is 0 Å². The number of rotatable bonds is 2. The van der Waals surface area contributed by atoms with Crippen molar-refractivity contribution in [3.8, 4) is 23.3 Å². The first-order valence-electron chi connectivity index (χ1n) is 5.71. The van der Waals surface area contributed by atoms with Crippen LogP contribution in [0, 0.1) is 28.5 Å². The summed E-state index contributed by atoms with van der Waals surface area (Å²) in [5.41, 5.74) is 2.31. The third-order valence-corrected chi connectivity index (χ3v) is 3.02. The molecule has 96 valence electrons. The summed E-state index contributed by atoms with van der Waals surface area (Å²) < 4.78 is 13.4. The SMILES string of the molecule is N#CC(C#N)=Cc1ccc(-c2ccc(Cl)c(F)c2)cc1. The minimum Gasteiger partial charge on any atom is -0.205 e. The number of hydrogen-bond acceptors (Lipinski definition) is 2. The third kappa shape index (κ3) is 3.03. The summed E-state index contributed by atoms with van der Waals surface area (Å²) >= 11 is 5.64. The van der Waals surface area contributed by atoms with Crippen LogP contribution in [0.1, 0.15) is 5.56 Å². The van der Waals surface area contributed by atoms with E-state index in [1.807, 2.05) is 0 Å². The predicted octanol–water partition coefficient (Wildman–Crippen LogP) is 4.58. The zero-order valence-electron chi connectivity index (χ0n) is 10.3. The Balaban J connectivity index is 2.34. The summed E-state index contributed by atoms with van der Waals surface area (Å²) in [5.74, 6) is -0.468. The Bertz CT molecular complexity index is 734. The van der Waals surface area contributed by atoms with Crippen LogP contribution in [0.15, 0.2) is 48.0 Å². The molecule has 2 rings (SSSR count). The van der Waals surface area contributed by atoms with Gasteiger partial charge in [0.1, 0.15) is 23.5 Å². The lowest BCUT2D eigenvalue weighted by molar-refractivity contribution is 0.629. The molecule has 0 saturated carbocycles. The molecule has 0 fully saturated rings. The molecule has 0 aliphatic rings. The van der Waals surface area contributed by atoms with Crippen molar-refractivity contribution >= 4 is 17.7 Å². The standard InChI is InChI=1S/C16H8ClFN2/c17-15-6-5-14(8-16(15)18)13-3-1-11(2-4-13)7-12(9-19)10-20/h1-8H. The average Bonchev–Trinajstić information content (AvgIpc) is 2.48. The maximum atomic E-state index is 13.4. The Morgan fingerprint density at radius 1 is 1.00 bits per heavy atom. The van der Waals surface area contributed by atoms with E-state index >= 15 is 0 Å². The largest absolute Gasteiger partial charge is 0.205 e. The molecule has 0 heterocycles. The fourth-order valence-electron chi connectivity index (χ4n) is 1.70. The van der Waals surface area contributed by atoms with Gasteiger partial charge in [-0.3, -0.25) is 0 Å². The zero-order chi connectivity index (χ0) is 14.5. The second-order valence-electron chi connectivity index (χ2n) is 4.03. The van der Waals surface area contributed by atoms with Crippen molar-refractivity contribution in [2.24, 2.45) is 0 Å². The van der Waals surface area contributed by atoms with Crippen LogP contribution < -0.4 is 0 Å². The number of halogens is 2. The molecule has 0 amide bonds. The summed E-state index contributed by atoms with van der Waals surface area (Å²) in [6.07, 6.45) is 1.49. The van der Waals surface area contributed by atoms with E-state index in [0.717, 1.165) is 11.1 Å². The molecule has 20 heavy (non-hydrogen) atoms. The quantitative estimate of drug-likeness (QED) is 0.757. The second-order valence-corrected chi connectivity index (χ2v) is 4.44. The van der Waals surface area contributed by atoms with Crippen LogP contribution in [0.25, 0.3) is 17.2 Å². The van der Waals surface area contributed by atoms with Crippen molar-refractivity contribution in [2.75, 3.05) is 0 Å². The van der Waals surface area contributed by atoms with E-state index < -0.39 is 5.82 Å². The van der Waals surface area contributed by atoms with E-state index in [2.05, 4.69) is 0 Å². The highest BCUT2D eigenvalue weighted by atomic mass is 35.5. The first kappa shape index (κ1) is 13.8. The first-order chi connectivity index (χ1) is 9.63. The van der Waals surface area contributed by atoms with Gasteiger partial charge in [0.15, 0.2) is 0 Å². The minimum atomic E-state index is -0.468. The molecule has 2 nitrogen and oxygen atoms in total. The van der Waals surface area contributed by atoms with Crippen LogP contribution in [0.4, 0.5) is 4.39 Å². The molecule has 4 heteroatoms. The lowest BCUT2D eigenvalue weighted by Gasteiger charge is -2.03. The highest BCUT2D eigenvalue weighted by molar-refractivity contribution is 6.30. The van der Waals surface area contributed by atoms with E-state index in [0.29, 0.717) is 5.56 Å². The van der Waals surface area contributed by atoms with Crippen LogP contribution in [0.5, 0.6) is 0 Å². The molecule has 0 N–H and O–H groups in total. The zero-order valence-corrected chi connectivity index (χ0v) is 11.0. The van der Waals surface area contributed by atoms with Gasteiger partial charge in [0.2, 0.25) is 0 Å². The van der Waals surface area contributed by atoms with Crippen LogP contribution >= 0.6 is 11.6 Å². The maximum absolute atomic E-state index is 13.4. The number of allylic oxidation sites excluding steroid dienone is 1. The van der Waals surface area contributed by atoms with Crippen molar-refractivity contribution < 1.29 is 4.39 Å². The van der Waals surface area contributed by atoms with Crippen LogP contribution in [0.3, 0.4) is 0 Å². The third-order valence-electron chi connectivity index (χ3n) is 2.72. The van der Waals surface area contributed by atoms with E-state index in [4.69, 9.17) is 22.1 Å². The van der Waals surface area contributed by atoms with E-state index in [1.54, 1.807) is 42.5 Å². The van der Waals surface area contributed by atoms with Gasteiger partial charge in [0, 0.05) is 0 Å². The van der Waals surface area contributed by atoms with Crippen molar-refractivity contribution in [3.63, 3.8) is 0 Å². The molecule has 2 aromatic rings. The number of benzene rings is 2. The normalized spacial score (nSPS) is 9.40. The van der Waals surface area contributed by atoms with Crippen molar-refractivity contribution in [1.82, 2.24) is 0 Å². The Kier molecular flexibility index (Phi) is 4.15. The smallest absolute Gasteiger partial charge is 0.142 e. The van der Waals surface area contributed by atoms with Crippen molar-refractivity contribution in [3.05, 3.63) is 64.4 Å². The molecule has 0 spiro atoms. The van der Waals surface area contributed by atoms with Gasteiger partial charge < -0.3 is 0 Å². The molecule has 2 aromatic carbocycles. The molecule has 0 radical (unpaired) electrons. The highest BCUT2D eigenvalue weighted by Crippen LogP contribution is 2.24. The monoisotopic (exact) mass is 282 g/mol. The number of nitrogens with zero attached hydrogens (tertiary/aromatic N) is 2. The fourth-order valence-corrected chi connectivity index (χ4v) is 1.82. The Labute approximate surface area is 121 Å². The van der Waals surface area contributed by atoms with E-state index in [9.17, 15) is 4.39 Å². The van der Waals surface area contributed by atoms with Gasteiger partial charge >= 0.3 is 0 Å². The first-order valence-corrected chi connectivity index (χ1v) is 6.09.